The summed E-state index contributed by atoms with van der Waals surface area (Å²) >= 11 is 0. The fourth-order valence-electron chi connectivity index (χ4n) is 1.63. The number of rotatable bonds is 4. The van der Waals surface area contributed by atoms with Crippen LogP contribution in [0.3, 0.4) is 0 Å². The Kier molecular flexibility index (Phi) is 3.98. The maximum absolute atomic E-state index is 11.9. The lowest BCUT2D eigenvalue weighted by Crippen LogP contribution is -1.94. The number of hydrogen-bond acceptors (Lipinski definition) is 3. The summed E-state index contributed by atoms with van der Waals surface area (Å²) in [6.07, 6.45) is 3.32. The molecule has 0 fully saturated rings. The number of carbonyl (C=O) groups excluding carboxylic acids is 1. The van der Waals surface area contributed by atoms with Gasteiger partial charge in [0, 0.05) is 11.3 Å². The molecule has 0 aliphatic heterocycles. The molecule has 2 N–H and O–H groups in total. The van der Waals surface area contributed by atoms with Gasteiger partial charge in [0.25, 0.3) is 0 Å². The van der Waals surface area contributed by atoms with Gasteiger partial charge < -0.3 is 10.5 Å². The molecule has 0 amide bonds. The van der Waals surface area contributed by atoms with Crippen LogP contribution in [0.1, 0.15) is 15.9 Å². The molecule has 0 aromatic heterocycles. The Hall–Kier alpha value is -2.55. The zero-order chi connectivity index (χ0) is 13.7. The van der Waals surface area contributed by atoms with Crippen LogP contribution >= 0.6 is 0 Å². The largest absolute Gasteiger partial charge is 0.497 e. The zero-order valence-corrected chi connectivity index (χ0v) is 10.7. The topological polar surface area (TPSA) is 52.3 Å². The monoisotopic (exact) mass is 253 g/mol. The molecule has 0 aliphatic carbocycles. The number of hydrogen-bond donors (Lipinski definition) is 1. The summed E-state index contributed by atoms with van der Waals surface area (Å²) in [5.74, 6) is 0.693. The SMILES string of the molecule is COc1ccc(C(=O)C=Cc2ccc(N)cc2)cc1. The van der Waals surface area contributed by atoms with E-state index < -0.39 is 0 Å². The molecule has 0 saturated heterocycles. The van der Waals surface area contributed by atoms with Gasteiger partial charge in [0.2, 0.25) is 0 Å². The van der Waals surface area contributed by atoms with E-state index in [-0.39, 0.29) is 5.78 Å². The van der Waals surface area contributed by atoms with Gasteiger partial charge in [0.15, 0.2) is 5.78 Å². The van der Waals surface area contributed by atoms with Crippen molar-refractivity contribution in [2.75, 3.05) is 12.8 Å². The molecule has 96 valence electrons. The van der Waals surface area contributed by atoms with Crippen LogP contribution in [0.15, 0.2) is 54.6 Å². The fourth-order valence-corrected chi connectivity index (χ4v) is 1.63. The number of methoxy groups -OCH3 is 1. The molecule has 0 atom stereocenters. The smallest absolute Gasteiger partial charge is 0.185 e. The third-order valence-electron chi connectivity index (χ3n) is 2.74. The quantitative estimate of drug-likeness (QED) is 0.517. The highest BCUT2D eigenvalue weighted by molar-refractivity contribution is 6.06. The zero-order valence-electron chi connectivity index (χ0n) is 10.7. The Labute approximate surface area is 112 Å². The van der Waals surface area contributed by atoms with Crippen molar-refractivity contribution in [3.8, 4) is 5.75 Å². The van der Waals surface area contributed by atoms with E-state index in [0.29, 0.717) is 11.3 Å². The lowest BCUT2D eigenvalue weighted by molar-refractivity contribution is 0.104. The van der Waals surface area contributed by atoms with Crippen LogP contribution in [0.2, 0.25) is 0 Å². The maximum Gasteiger partial charge on any atom is 0.185 e. The minimum absolute atomic E-state index is 0.0421. The maximum atomic E-state index is 11.9. The Balaban J connectivity index is 2.09. The summed E-state index contributed by atoms with van der Waals surface area (Å²) in [4.78, 5) is 11.9. The second-order valence-corrected chi connectivity index (χ2v) is 4.09. The lowest BCUT2D eigenvalue weighted by atomic mass is 10.1. The molecule has 2 aromatic carbocycles. The van der Waals surface area contributed by atoms with E-state index in [2.05, 4.69) is 0 Å². The predicted molar refractivity (Wildman–Crippen MR) is 77.2 cm³/mol. The minimum Gasteiger partial charge on any atom is -0.497 e. The molecule has 0 spiro atoms. The number of allylic oxidation sites excluding steroid dienone is 1. The minimum atomic E-state index is -0.0421. The average molecular weight is 253 g/mol. The Bertz CT molecular complexity index is 583. The normalized spacial score (nSPS) is 10.6. The highest BCUT2D eigenvalue weighted by Gasteiger charge is 2.01. The Morgan fingerprint density at radius 3 is 2.26 bits per heavy atom. The number of nitrogen functional groups attached to an aromatic ring is 1. The first kappa shape index (κ1) is 12.9. The van der Waals surface area contributed by atoms with Crippen LogP contribution < -0.4 is 10.5 Å². The fraction of sp³-hybridized carbons (Fsp3) is 0.0625. The second kappa shape index (κ2) is 5.87. The number of ether oxygens (including phenoxy) is 1. The van der Waals surface area contributed by atoms with Crippen LogP contribution in [0, 0.1) is 0 Å². The van der Waals surface area contributed by atoms with Crippen LogP contribution in [0.4, 0.5) is 5.69 Å². The van der Waals surface area contributed by atoms with Crippen molar-refractivity contribution in [3.63, 3.8) is 0 Å². The molecule has 19 heavy (non-hydrogen) atoms. The van der Waals surface area contributed by atoms with Gasteiger partial charge in [-0.25, -0.2) is 0 Å². The van der Waals surface area contributed by atoms with E-state index in [1.54, 1.807) is 55.7 Å². The first-order valence-electron chi connectivity index (χ1n) is 5.91. The first-order chi connectivity index (χ1) is 9.19. The molecule has 2 rings (SSSR count). The molecular weight excluding hydrogens is 238 g/mol. The van der Waals surface area contributed by atoms with Crippen LogP contribution in [-0.4, -0.2) is 12.9 Å². The molecule has 0 bridgehead atoms. The van der Waals surface area contributed by atoms with Crippen LogP contribution in [-0.2, 0) is 0 Å². The molecule has 0 saturated carbocycles. The number of carbonyl (C=O) groups is 1. The van der Waals surface area contributed by atoms with Gasteiger partial charge in [0.1, 0.15) is 5.75 Å². The summed E-state index contributed by atoms with van der Waals surface area (Å²) in [6, 6.07) is 14.4. The van der Waals surface area contributed by atoms with E-state index in [4.69, 9.17) is 10.5 Å². The summed E-state index contributed by atoms with van der Waals surface area (Å²) in [6.45, 7) is 0. The molecular formula is C16H15NO2. The molecule has 3 nitrogen and oxygen atoms in total. The summed E-state index contributed by atoms with van der Waals surface area (Å²) in [7, 11) is 1.60. The van der Waals surface area contributed by atoms with Crippen molar-refractivity contribution in [2.45, 2.75) is 0 Å². The summed E-state index contributed by atoms with van der Waals surface area (Å²) in [5.41, 5.74) is 7.88. The Morgan fingerprint density at radius 2 is 1.68 bits per heavy atom. The predicted octanol–water partition coefficient (Wildman–Crippen LogP) is 3.17. The van der Waals surface area contributed by atoms with Gasteiger partial charge in [-0.3, -0.25) is 4.79 Å². The third kappa shape index (κ3) is 3.45. The van der Waals surface area contributed by atoms with Crippen molar-refractivity contribution >= 4 is 17.5 Å². The van der Waals surface area contributed by atoms with Gasteiger partial charge in [-0.05, 0) is 48.0 Å². The average Bonchev–Trinajstić information content (AvgIpc) is 2.46. The van der Waals surface area contributed by atoms with Crippen molar-refractivity contribution in [2.24, 2.45) is 0 Å². The number of ketones is 1. The van der Waals surface area contributed by atoms with E-state index in [0.717, 1.165) is 11.3 Å². The number of anilines is 1. The first-order valence-corrected chi connectivity index (χ1v) is 5.91. The van der Waals surface area contributed by atoms with Gasteiger partial charge in [0.05, 0.1) is 7.11 Å². The molecule has 2 aromatic rings. The molecule has 3 heteroatoms. The molecule has 0 aliphatic rings. The van der Waals surface area contributed by atoms with Crippen molar-refractivity contribution < 1.29 is 9.53 Å². The van der Waals surface area contributed by atoms with Crippen LogP contribution in [0.25, 0.3) is 6.08 Å². The molecule has 0 unspecified atom stereocenters. The highest BCUT2D eigenvalue weighted by atomic mass is 16.5. The van der Waals surface area contributed by atoms with Gasteiger partial charge in [-0.2, -0.15) is 0 Å². The van der Waals surface area contributed by atoms with Crippen molar-refractivity contribution in [3.05, 3.63) is 65.7 Å². The Morgan fingerprint density at radius 1 is 1.05 bits per heavy atom. The van der Waals surface area contributed by atoms with E-state index in [1.165, 1.54) is 0 Å². The van der Waals surface area contributed by atoms with E-state index in [1.807, 2.05) is 12.1 Å². The third-order valence-corrected chi connectivity index (χ3v) is 2.74. The molecule has 0 radical (unpaired) electrons. The van der Waals surface area contributed by atoms with E-state index >= 15 is 0 Å². The van der Waals surface area contributed by atoms with E-state index in [9.17, 15) is 4.79 Å². The van der Waals surface area contributed by atoms with Gasteiger partial charge >= 0.3 is 0 Å². The standard InChI is InChI=1S/C16H15NO2/c1-19-15-9-5-13(6-10-15)16(18)11-4-12-2-7-14(17)8-3-12/h2-11H,17H2,1H3. The number of nitrogens with two attached hydrogens (primary N) is 1. The van der Waals surface area contributed by atoms with Gasteiger partial charge in [-0.15, -0.1) is 0 Å². The summed E-state index contributed by atoms with van der Waals surface area (Å²) in [5, 5.41) is 0. The lowest BCUT2D eigenvalue weighted by Gasteiger charge is -2.00. The second-order valence-electron chi connectivity index (χ2n) is 4.09. The van der Waals surface area contributed by atoms with Gasteiger partial charge in [-0.1, -0.05) is 18.2 Å². The summed E-state index contributed by atoms with van der Waals surface area (Å²) < 4.78 is 5.05. The number of benzene rings is 2. The van der Waals surface area contributed by atoms with Crippen molar-refractivity contribution in [1.82, 2.24) is 0 Å². The molecule has 0 heterocycles. The van der Waals surface area contributed by atoms with Crippen LogP contribution in [0.5, 0.6) is 5.75 Å². The van der Waals surface area contributed by atoms with Crippen molar-refractivity contribution in [1.29, 1.82) is 0 Å². The highest BCUT2D eigenvalue weighted by Crippen LogP contribution is 2.13.